The second kappa shape index (κ2) is 12.9. The van der Waals surface area contributed by atoms with E-state index in [0.29, 0.717) is 18.6 Å². The van der Waals surface area contributed by atoms with E-state index >= 15 is 0 Å². The van der Waals surface area contributed by atoms with Crippen LogP contribution < -0.4 is 14.5 Å². The minimum atomic E-state index is -5.11. The largest absolute Gasteiger partial charge is 0.573 e. The minimum Gasteiger partial charge on any atom is -0.406 e. The Hall–Kier alpha value is -4.05. The van der Waals surface area contributed by atoms with Crippen LogP contribution in [0.2, 0.25) is 0 Å². The molecule has 0 spiro atoms. The maximum Gasteiger partial charge on any atom is 0.573 e. The number of alkyl halides is 9. The van der Waals surface area contributed by atoms with Gasteiger partial charge in [0.2, 0.25) is 5.91 Å². The maximum absolute atomic E-state index is 13.8. The normalized spacial score (nSPS) is 19.2. The van der Waals surface area contributed by atoms with Crippen LogP contribution in [0.3, 0.4) is 0 Å². The summed E-state index contributed by atoms with van der Waals surface area (Å²) < 4.78 is 126. The standard InChI is InChI=1S/C30H31F9N6O2/c1-3-21-14-25(23-15-22(47-30(37,38)39)8-9-24(23)45(21)26(46)12-17-6-4-5-7-17)44(27-40-42-43(2)41-27)16-18-10-19(28(31,32)33)13-20(11-18)29(34,35)36/h8-11,13,15,17,21,25H,3-7,12,14,16H2,1-2H3. The second-order valence-corrected chi connectivity index (χ2v) is 11.8. The molecule has 0 N–H and O–H groups in total. The van der Waals surface area contributed by atoms with E-state index in [4.69, 9.17) is 0 Å². The van der Waals surface area contributed by atoms with Crippen molar-refractivity contribution in [2.24, 2.45) is 13.0 Å². The lowest BCUT2D eigenvalue weighted by Crippen LogP contribution is -2.48. The number of aromatic nitrogens is 4. The molecule has 2 heterocycles. The number of aryl methyl sites for hydroxylation is 1. The molecule has 1 aliphatic heterocycles. The summed E-state index contributed by atoms with van der Waals surface area (Å²) in [5, 5.41) is 11.9. The molecule has 2 atom stereocenters. The highest BCUT2D eigenvalue weighted by Gasteiger charge is 2.42. The van der Waals surface area contributed by atoms with E-state index in [0.717, 1.165) is 42.6 Å². The van der Waals surface area contributed by atoms with Crippen molar-refractivity contribution in [1.82, 2.24) is 20.2 Å². The SMILES string of the molecule is CCC1CC(N(Cc2cc(C(F)(F)F)cc(C(F)(F)F)c2)c2nnn(C)n2)c2cc(OC(F)(F)F)ccc2N1C(=O)CC1CCCC1. The number of hydrogen-bond acceptors (Lipinski definition) is 6. The first kappa shape index (κ1) is 34.3. The van der Waals surface area contributed by atoms with E-state index in [-0.39, 0.29) is 47.9 Å². The molecule has 8 nitrogen and oxygen atoms in total. The van der Waals surface area contributed by atoms with E-state index in [2.05, 4.69) is 20.1 Å². The monoisotopic (exact) mass is 678 g/mol. The van der Waals surface area contributed by atoms with Crippen molar-refractivity contribution < 1.29 is 49.0 Å². The zero-order valence-corrected chi connectivity index (χ0v) is 25.3. The third kappa shape index (κ3) is 7.92. The van der Waals surface area contributed by atoms with Crippen LogP contribution in [0.5, 0.6) is 5.75 Å². The summed E-state index contributed by atoms with van der Waals surface area (Å²) in [6.45, 7) is 1.19. The molecule has 2 unspecified atom stereocenters. The molecule has 256 valence electrons. The van der Waals surface area contributed by atoms with Crippen LogP contribution in [0.4, 0.5) is 51.1 Å². The van der Waals surface area contributed by atoms with Crippen LogP contribution in [0, 0.1) is 5.92 Å². The highest BCUT2D eigenvalue weighted by molar-refractivity contribution is 5.96. The molecule has 47 heavy (non-hydrogen) atoms. The Morgan fingerprint density at radius 2 is 1.60 bits per heavy atom. The van der Waals surface area contributed by atoms with Gasteiger partial charge in [0.15, 0.2) is 0 Å². The van der Waals surface area contributed by atoms with Crippen molar-refractivity contribution >= 4 is 17.5 Å². The van der Waals surface area contributed by atoms with Gasteiger partial charge in [-0.2, -0.15) is 31.1 Å². The molecule has 0 bridgehead atoms. The predicted octanol–water partition coefficient (Wildman–Crippen LogP) is 7.99. The smallest absolute Gasteiger partial charge is 0.406 e. The number of carbonyl (C=O) groups excluding carboxylic acids is 1. The summed E-state index contributed by atoms with van der Waals surface area (Å²) in [5.41, 5.74) is -3.09. The Kier molecular flexibility index (Phi) is 9.38. The van der Waals surface area contributed by atoms with Crippen molar-refractivity contribution in [3.05, 3.63) is 58.7 Å². The number of anilines is 2. The molecule has 5 rings (SSSR count). The molecule has 3 aromatic rings. The molecular formula is C30H31F9N6O2. The van der Waals surface area contributed by atoms with Gasteiger partial charge in [-0.15, -0.1) is 18.3 Å². The van der Waals surface area contributed by atoms with Crippen molar-refractivity contribution in [3.8, 4) is 5.75 Å². The number of amides is 1. The number of hydrogen-bond donors (Lipinski definition) is 0. The van der Waals surface area contributed by atoms with Crippen LogP contribution in [-0.2, 0) is 30.7 Å². The van der Waals surface area contributed by atoms with E-state index in [1.807, 2.05) is 0 Å². The van der Waals surface area contributed by atoms with Gasteiger partial charge in [0.1, 0.15) is 5.75 Å². The average molecular weight is 679 g/mol. The van der Waals surface area contributed by atoms with Crippen molar-refractivity contribution in [1.29, 1.82) is 0 Å². The van der Waals surface area contributed by atoms with E-state index in [1.165, 1.54) is 22.9 Å². The van der Waals surface area contributed by atoms with Gasteiger partial charge in [-0.1, -0.05) is 24.9 Å². The van der Waals surface area contributed by atoms with E-state index in [1.54, 1.807) is 6.92 Å². The van der Waals surface area contributed by atoms with E-state index < -0.39 is 59.8 Å². The summed E-state index contributed by atoms with van der Waals surface area (Å²) in [6, 6.07) is 3.05. The second-order valence-electron chi connectivity index (χ2n) is 11.8. The quantitative estimate of drug-likeness (QED) is 0.225. The fraction of sp³-hybridized carbons (Fsp3) is 0.533. The maximum atomic E-state index is 13.8. The summed E-state index contributed by atoms with van der Waals surface area (Å²) >= 11 is 0. The molecule has 1 saturated carbocycles. The zero-order chi connectivity index (χ0) is 34.3. The molecule has 1 amide bonds. The molecule has 17 heteroatoms. The lowest BCUT2D eigenvalue weighted by molar-refractivity contribution is -0.274. The van der Waals surface area contributed by atoms with Gasteiger partial charge >= 0.3 is 18.7 Å². The van der Waals surface area contributed by atoms with Crippen LogP contribution in [0.25, 0.3) is 0 Å². The van der Waals surface area contributed by atoms with Crippen LogP contribution in [0.1, 0.15) is 80.2 Å². The fourth-order valence-corrected chi connectivity index (χ4v) is 6.46. The highest BCUT2D eigenvalue weighted by atomic mass is 19.4. The van der Waals surface area contributed by atoms with Gasteiger partial charge in [-0.25, -0.2) is 0 Å². The molecule has 2 aromatic carbocycles. The van der Waals surface area contributed by atoms with Gasteiger partial charge in [0.25, 0.3) is 5.95 Å². The number of ether oxygens (including phenoxy) is 1. The number of nitrogens with zero attached hydrogens (tertiary/aromatic N) is 6. The van der Waals surface area contributed by atoms with Crippen LogP contribution in [0.15, 0.2) is 36.4 Å². The predicted molar refractivity (Wildman–Crippen MR) is 150 cm³/mol. The third-order valence-corrected chi connectivity index (χ3v) is 8.52. The molecule has 0 saturated heterocycles. The van der Waals surface area contributed by atoms with Crippen LogP contribution in [-0.4, -0.2) is 38.5 Å². The highest BCUT2D eigenvalue weighted by Crippen LogP contribution is 2.46. The first-order chi connectivity index (χ1) is 21.9. The molecule has 0 radical (unpaired) electrons. The number of halogens is 9. The average Bonchev–Trinajstić information content (AvgIpc) is 3.65. The van der Waals surface area contributed by atoms with E-state index in [9.17, 15) is 44.3 Å². The molecule has 1 fully saturated rings. The Labute approximate surface area is 263 Å². The van der Waals surface area contributed by atoms with Gasteiger partial charge in [-0.3, -0.25) is 4.79 Å². The number of fused-ring (bicyclic) bond motifs is 1. The minimum absolute atomic E-state index is 0.00598. The first-order valence-corrected chi connectivity index (χ1v) is 14.9. The first-order valence-electron chi connectivity index (χ1n) is 14.9. The fourth-order valence-electron chi connectivity index (χ4n) is 6.46. The van der Waals surface area contributed by atoms with Gasteiger partial charge in [0.05, 0.1) is 24.2 Å². The summed E-state index contributed by atoms with van der Waals surface area (Å²) in [6.07, 6.45) is -10.9. The molecule has 1 aliphatic carbocycles. The van der Waals surface area contributed by atoms with Crippen molar-refractivity contribution in [3.63, 3.8) is 0 Å². The molecule has 1 aromatic heterocycles. The molecular weight excluding hydrogens is 647 g/mol. The van der Waals surface area contributed by atoms with Gasteiger partial charge < -0.3 is 14.5 Å². The topological polar surface area (TPSA) is 76.4 Å². The number of rotatable bonds is 8. The van der Waals surface area contributed by atoms with Crippen LogP contribution >= 0.6 is 0 Å². The summed E-state index contributed by atoms with van der Waals surface area (Å²) in [4.78, 5) is 17.6. The Balaban J connectivity index is 1.64. The van der Waals surface area contributed by atoms with Gasteiger partial charge in [0, 0.05) is 30.3 Å². The molecule has 2 aliphatic rings. The Morgan fingerprint density at radius 1 is 0.957 bits per heavy atom. The Bertz CT molecular complexity index is 1550. The van der Waals surface area contributed by atoms with Gasteiger partial charge in [-0.05, 0) is 78.8 Å². The van der Waals surface area contributed by atoms with Crippen molar-refractivity contribution in [2.75, 3.05) is 9.80 Å². The third-order valence-electron chi connectivity index (χ3n) is 8.52. The lowest BCUT2D eigenvalue weighted by Gasteiger charge is -2.44. The lowest BCUT2D eigenvalue weighted by atomic mass is 9.87. The zero-order valence-electron chi connectivity index (χ0n) is 25.3. The number of carbonyl (C=O) groups is 1. The summed E-state index contributed by atoms with van der Waals surface area (Å²) in [7, 11) is 1.39. The number of tetrazole rings is 1. The number of benzene rings is 2. The Morgan fingerprint density at radius 3 is 2.13 bits per heavy atom. The van der Waals surface area contributed by atoms with Crippen molar-refractivity contribution in [2.45, 2.75) is 89.2 Å². The summed E-state index contributed by atoms with van der Waals surface area (Å²) in [5.74, 6) is -0.898.